The van der Waals surface area contributed by atoms with Gasteiger partial charge in [0.25, 0.3) is 0 Å². The Morgan fingerprint density at radius 1 is 1.60 bits per heavy atom. The second-order valence-corrected chi connectivity index (χ2v) is 5.40. The normalized spacial score (nSPS) is 40.7. The zero-order valence-corrected chi connectivity index (χ0v) is 9.62. The van der Waals surface area contributed by atoms with Crippen LogP contribution in [0.15, 0.2) is 0 Å². The molecule has 3 nitrogen and oxygen atoms in total. The van der Waals surface area contributed by atoms with Gasteiger partial charge in [0.1, 0.15) is 0 Å². The highest BCUT2D eigenvalue weighted by Gasteiger charge is 2.54. The molecule has 0 saturated heterocycles. The summed E-state index contributed by atoms with van der Waals surface area (Å²) in [5.74, 6) is 0.711. The average molecular weight is 211 g/mol. The van der Waals surface area contributed by atoms with Crippen molar-refractivity contribution in [2.45, 2.75) is 32.6 Å². The topological polar surface area (TPSA) is 49.3 Å². The number of hydrogen-bond donors (Lipinski definition) is 2. The molecule has 3 aliphatic carbocycles. The first-order valence-corrected chi connectivity index (χ1v) is 5.97. The maximum Gasteiger partial charge on any atom is 0.306 e. The minimum absolute atomic E-state index is 0.0231. The van der Waals surface area contributed by atoms with Gasteiger partial charge in [-0.15, -0.1) is 0 Å². The summed E-state index contributed by atoms with van der Waals surface area (Å²) in [6.07, 6.45) is 4.85. The van der Waals surface area contributed by atoms with E-state index in [-0.39, 0.29) is 11.3 Å². The van der Waals surface area contributed by atoms with Gasteiger partial charge >= 0.3 is 5.97 Å². The number of fused-ring (bicyclic) bond motifs is 2. The lowest BCUT2D eigenvalue weighted by Gasteiger charge is -2.56. The fraction of sp³-hybridized carbons (Fsp3) is 0.917. The fourth-order valence-corrected chi connectivity index (χ4v) is 3.65. The van der Waals surface area contributed by atoms with Crippen molar-refractivity contribution in [1.82, 2.24) is 5.32 Å². The quantitative estimate of drug-likeness (QED) is 0.744. The van der Waals surface area contributed by atoms with Gasteiger partial charge in [-0.3, -0.25) is 4.79 Å². The largest absolute Gasteiger partial charge is 0.481 e. The molecule has 3 rings (SSSR count). The van der Waals surface area contributed by atoms with Crippen molar-refractivity contribution in [1.29, 1.82) is 0 Å². The van der Waals surface area contributed by atoms with Gasteiger partial charge in [-0.05, 0) is 50.0 Å². The number of carboxylic acid groups (broad SMARTS) is 1. The van der Waals surface area contributed by atoms with Crippen LogP contribution in [0, 0.1) is 23.2 Å². The summed E-state index contributed by atoms with van der Waals surface area (Å²) in [4.78, 5) is 11.2. The lowest BCUT2D eigenvalue weighted by molar-refractivity contribution is -0.155. The highest BCUT2D eigenvalue weighted by molar-refractivity contribution is 5.70. The van der Waals surface area contributed by atoms with Gasteiger partial charge < -0.3 is 10.4 Å². The molecule has 3 fully saturated rings. The monoisotopic (exact) mass is 211 g/mol. The molecule has 0 radical (unpaired) electrons. The molecule has 0 aliphatic heterocycles. The average Bonchev–Trinajstić information content (AvgIpc) is 2.15. The Kier molecular flexibility index (Phi) is 2.75. The summed E-state index contributed by atoms with van der Waals surface area (Å²) in [5.41, 5.74) is 0.0231. The van der Waals surface area contributed by atoms with Crippen molar-refractivity contribution in [3.05, 3.63) is 0 Å². The number of hydrogen-bond acceptors (Lipinski definition) is 2. The smallest absolute Gasteiger partial charge is 0.306 e. The van der Waals surface area contributed by atoms with E-state index in [2.05, 4.69) is 5.32 Å². The van der Waals surface area contributed by atoms with Crippen LogP contribution in [0.4, 0.5) is 0 Å². The molecule has 3 saturated carbocycles. The molecule has 0 aromatic rings. The Bertz CT molecular complexity index is 254. The van der Waals surface area contributed by atoms with Gasteiger partial charge in [0, 0.05) is 6.54 Å². The number of carboxylic acids is 1. The molecule has 3 aliphatic rings. The Morgan fingerprint density at radius 3 is 2.67 bits per heavy atom. The van der Waals surface area contributed by atoms with E-state index in [1.54, 1.807) is 0 Å². The molecule has 2 atom stereocenters. The summed E-state index contributed by atoms with van der Waals surface area (Å²) in [6, 6.07) is 0. The number of rotatable bonds is 4. The van der Waals surface area contributed by atoms with Crippen LogP contribution in [-0.2, 0) is 4.79 Å². The van der Waals surface area contributed by atoms with Gasteiger partial charge in [0.2, 0.25) is 0 Å². The minimum Gasteiger partial charge on any atom is -0.481 e. The van der Waals surface area contributed by atoms with E-state index in [0.717, 1.165) is 18.9 Å². The lowest BCUT2D eigenvalue weighted by atomic mass is 9.49. The van der Waals surface area contributed by atoms with Crippen molar-refractivity contribution in [3.8, 4) is 0 Å². The van der Waals surface area contributed by atoms with E-state index >= 15 is 0 Å². The van der Waals surface area contributed by atoms with E-state index in [1.165, 1.54) is 19.3 Å². The van der Waals surface area contributed by atoms with Crippen LogP contribution in [0.2, 0.25) is 0 Å². The molecular weight excluding hydrogens is 190 g/mol. The number of nitrogens with one attached hydrogen (secondary N) is 1. The van der Waals surface area contributed by atoms with Crippen molar-refractivity contribution in [2.75, 3.05) is 13.6 Å². The number of carbonyl (C=O) groups is 1. The highest BCUT2D eigenvalue weighted by Crippen LogP contribution is 2.58. The molecule has 0 aromatic carbocycles. The van der Waals surface area contributed by atoms with Crippen LogP contribution in [0.1, 0.15) is 32.6 Å². The second kappa shape index (κ2) is 3.78. The van der Waals surface area contributed by atoms with E-state index < -0.39 is 5.97 Å². The molecule has 86 valence electrons. The van der Waals surface area contributed by atoms with Gasteiger partial charge in [0.15, 0.2) is 0 Å². The predicted molar refractivity (Wildman–Crippen MR) is 58.6 cm³/mol. The first-order chi connectivity index (χ1) is 7.10. The van der Waals surface area contributed by atoms with Crippen LogP contribution >= 0.6 is 0 Å². The first kappa shape index (κ1) is 10.9. The third kappa shape index (κ3) is 1.57. The molecule has 15 heavy (non-hydrogen) atoms. The van der Waals surface area contributed by atoms with Gasteiger partial charge in [-0.25, -0.2) is 0 Å². The Morgan fingerprint density at radius 2 is 2.27 bits per heavy atom. The summed E-state index contributed by atoms with van der Waals surface area (Å²) in [6.45, 7) is 2.75. The van der Waals surface area contributed by atoms with Crippen LogP contribution in [0.5, 0.6) is 0 Å². The molecule has 0 heterocycles. The Labute approximate surface area is 91.2 Å². The van der Waals surface area contributed by atoms with E-state index in [9.17, 15) is 9.90 Å². The Hall–Kier alpha value is -0.570. The third-order valence-electron chi connectivity index (χ3n) is 4.81. The molecule has 0 amide bonds. The third-order valence-corrected chi connectivity index (χ3v) is 4.81. The van der Waals surface area contributed by atoms with Crippen molar-refractivity contribution in [3.63, 3.8) is 0 Å². The van der Waals surface area contributed by atoms with Gasteiger partial charge in [-0.1, -0.05) is 6.92 Å². The molecule has 3 heteroatoms. The van der Waals surface area contributed by atoms with E-state index in [1.807, 2.05) is 14.0 Å². The lowest BCUT2D eigenvalue weighted by Crippen LogP contribution is -2.55. The van der Waals surface area contributed by atoms with Crippen LogP contribution in [0.25, 0.3) is 0 Å². The fourth-order valence-electron chi connectivity index (χ4n) is 3.65. The second-order valence-electron chi connectivity index (χ2n) is 5.40. The van der Waals surface area contributed by atoms with E-state index in [4.69, 9.17) is 0 Å². The predicted octanol–water partition coefficient (Wildman–Crippen LogP) is 1.73. The highest BCUT2D eigenvalue weighted by atomic mass is 16.4. The first-order valence-electron chi connectivity index (χ1n) is 5.97. The summed E-state index contributed by atoms with van der Waals surface area (Å²) >= 11 is 0. The van der Waals surface area contributed by atoms with Gasteiger partial charge in [0.05, 0.1) is 5.92 Å². The van der Waals surface area contributed by atoms with Crippen molar-refractivity contribution < 1.29 is 9.90 Å². The van der Waals surface area contributed by atoms with Crippen molar-refractivity contribution in [2.24, 2.45) is 23.2 Å². The molecule has 0 aromatic heterocycles. The maximum atomic E-state index is 11.2. The maximum absolute atomic E-state index is 11.2. The molecule has 2 unspecified atom stereocenters. The summed E-state index contributed by atoms with van der Waals surface area (Å²) in [7, 11) is 1.93. The molecular formula is C12H21NO2. The van der Waals surface area contributed by atoms with Gasteiger partial charge in [-0.2, -0.15) is 0 Å². The summed E-state index contributed by atoms with van der Waals surface area (Å²) < 4.78 is 0. The van der Waals surface area contributed by atoms with Crippen LogP contribution in [-0.4, -0.2) is 24.7 Å². The van der Waals surface area contributed by atoms with Crippen LogP contribution < -0.4 is 5.32 Å². The number of aliphatic carboxylic acids is 1. The zero-order valence-electron chi connectivity index (χ0n) is 9.62. The van der Waals surface area contributed by atoms with Crippen molar-refractivity contribution >= 4 is 5.97 Å². The summed E-state index contributed by atoms with van der Waals surface area (Å²) in [5, 5.41) is 12.4. The zero-order chi connectivity index (χ0) is 11.1. The molecule has 0 spiro atoms. The minimum atomic E-state index is -0.629. The SMILES string of the molecule is CNCC1(C(C)C(=O)O)CCC2CC1C2. The Balaban J connectivity index is 2.18. The van der Waals surface area contributed by atoms with Crippen LogP contribution in [0.3, 0.4) is 0 Å². The molecule has 2 bridgehead atoms. The van der Waals surface area contributed by atoms with E-state index in [0.29, 0.717) is 5.92 Å². The standard InChI is InChI=1S/C12H21NO2/c1-8(11(14)15)12(7-13-2)4-3-9-5-10(12)6-9/h8-10,13H,3-7H2,1-2H3,(H,14,15). The molecule has 2 N–H and O–H groups in total.